The van der Waals surface area contributed by atoms with Crippen molar-refractivity contribution in [1.82, 2.24) is 9.88 Å². The number of nitrogens with zero attached hydrogens (tertiary/aromatic N) is 3. The lowest BCUT2D eigenvalue weighted by molar-refractivity contribution is -0.141. The smallest absolute Gasteiger partial charge is 0.368 e. The van der Waals surface area contributed by atoms with Crippen molar-refractivity contribution < 1.29 is 18.0 Å². The third kappa shape index (κ3) is 4.19. The van der Waals surface area contributed by atoms with E-state index in [2.05, 4.69) is 4.98 Å². The number of aromatic nitrogens is 1. The molecular weight excluding hydrogens is 319 g/mol. The summed E-state index contributed by atoms with van der Waals surface area (Å²) in [5.41, 5.74) is -0.684. The number of alkyl halides is 3. The van der Waals surface area contributed by atoms with Crippen molar-refractivity contribution in [2.45, 2.75) is 45.8 Å². The first-order chi connectivity index (χ1) is 11.0. The highest BCUT2D eigenvalue weighted by Crippen LogP contribution is 2.30. The van der Waals surface area contributed by atoms with Gasteiger partial charge in [-0.3, -0.25) is 4.79 Å². The number of carbonyl (C=O) groups excluding carboxylic acids is 1. The van der Waals surface area contributed by atoms with Crippen LogP contribution in [0.5, 0.6) is 0 Å². The van der Waals surface area contributed by atoms with Crippen LogP contribution in [0.4, 0.5) is 18.9 Å². The van der Waals surface area contributed by atoms with Crippen molar-refractivity contribution in [2.75, 3.05) is 25.0 Å². The topological polar surface area (TPSA) is 36.4 Å². The minimum Gasteiger partial charge on any atom is -0.368 e. The predicted molar refractivity (Wildman–Crippen MR) is 86.7 cm³/mol. The van der Waals surface area contributed by atoms with Crippen molar-refractivity contribution in [3.05, 3.63) is 24.0 Å². The van der Waals surface area contributed by atoms with Crippen LogP contribution in [0.25, 0.3) is 0 Å². The number of likely N-dealkylation sites (N-methyl/N-ethyl adjacent to an activating group) is 1. The van der Waals surface area contributed by atoms with Gasteiger partial charge >= 0.3 is 6.18 Å². The standard InChI is InChI=1S/C17H24F3N3O/c1-16(2,3)15(24)22(4)13-6-5-9-23(11-13)12-7-8-14(21-10-12)17(18,19)20/h7-8,10,13H,5-6,9,11H2,1-4H3. The fourth-order valence-electron chi connectivity index (χ4n) is 2.94. The second kappa shape index (κ2) is 6.61. The summed E-state index contributed by atoms with van der Waals surface area (Å²) in [6.45, 7) is 7.00. The summed E-state index contributed by atoms with van der Waals surface area (Å²) in [6, 6.07) is 2.50. The molecule has 0 spiro atoms. The number of amides is 1. The summed E-state index contributed by atoms with van der Waals surface area (Å²) in [5, 5.41) is 0. The Bertz CT molecular complexity index is 578. The molecule has 24 heavy (non-hydrogen) atoms. The molecule has 1 amide bonds. The van der Waals surface area contributed by atoms with Crippen LogP contribution in [0.1, 0.15) is 39.3 Å². The van der Waals surface area contributed by atoms with E-state index >= 15 is 0 Å². The van der Waals surface area contributed by atoms with Gasteiger partial charge in [-0.1, -0.05) is 20.8 Å². The monoisotopic (exact) mass is 343 g/mol. The molecule has 1 unspecified atom stereocenters. The number of hydrogen-bond acceptors (Lipinski definition) is 3. The van der Waals surface area contributed by atoms with Crippen molar-refractivity contribution in [1.29, 1.82) is 0 Å². The quantitative estimate of drug-likeness (QED) is 0.824. The number of anilines is 1. The fraction of sp³-hybridized carbons (Fsp3) is 0.647. The second-order valence-corrected chi connectivity index (χ2v) is 7.31. The van der Waals surface area contributed by atoms with Gasteiger partial charge in [0.05, 0.1) is 11.9 Å². The Morgan fingerprint density at radius 2 is 1.96 bits per heavy atom. The van der Waals surface area contributed by atoms with Crippen molar-refractivity contribution in [2.24, 2.45) is 5.41 Å². The van der Waals surface area contributed by atoms with Crippen LogP contribution >= 0.6 is 0 Å². The molecule has 0 bridgehead atoms. The maximum atomic E-state index is 12.6. The lowest BCUT2D eigenvalue weighted by Crippen LogP contribution is -2.51. The molecule has 7 heteroatoms. The molecular formula is C17H24F3N3O. The summed E-state index contributed by atoms with van der Waals surface area (Å²) in [5.74, 6) is 0.0693. The van der Waals surface area contributed by atoms with Gasteiger partial charge in [0, 0.05) is 31.6 Å². The summed E-state index contributed by atoms with van der Waals surface area (Å²) in [6.07, 6.45) is -1.39. The highest BCUT2D eigenvalue weighted by atomic mass is 19.4. The summed E-state index contributed by atoms with van der Waals surface area (Å²) < 4.78 is 37.8. The van der Waals surface area contributed by atoms with Gasteiger partial charge in [0.15, 0.2) is 0 Å². The molecule has 1 fully saturated rings. The van der Waals surface area contributed by atoms with E-state index in [4.69, 9.17) is 0 Å². The molecule has 0 aliphatic carbocycles. The minimum absolute atomic E-state index is 0.0489. The fourth-order valence-corrected chi connectivity index (χ4v) is 2.94. The maximum absolute atomic E-state index is 12.6. The number of pyridine rings is 1. The van der Waals surface area contributed by atoms with E-state index in [0.717, 1.165) is 25.5 Å². The predicted octanol–water partition coefficient (Wildman–Crippen LogP) is 3.57. The Labute approximate surface area is 140 Å². The van der Waals surface area contributed by atoms with E-state index < -0.39 is 17.3 Å². The summed E-state index contributed by atoms with van der Waals surface area (Å²) >= 11 is 0. The van der Waals surface area contributed by atoms with Crippen LogP contribution in [0, 0.1) is 5.41 Å². The number of carbonyl (C=O) groups is 1. The van der Waals surface area contributed by atoms with Gasteiger partial charge in [-0.15, -0.1) is 0 Å². The Kier molecular flexibility index (Phi) is 5.11. The zero-order valence-corrected chi connectivity index (χ0v) is 14.5. The Balaban J connectivity index is 2.09. The largest absolute Gasteiger partial charge is 0.433 e. The number of rotatable bonds is 2. The van der Waals surface area contributed by atoms with E-state index in [9.17, 15) is 18.0 Å². The van der Waals surface area contributed by atoms with E-state index in [1.54, 1.807) is 11.9 Å². The third-order valence-corrected chi connectivity index (χ3v) is 4.31. The molecule has 1 aliphatic heterocycles. The molecule has 2 rings (SSSR count). The van der Waals surface area contributed by atoms with E-state index in [-0.39, 0.29) is 11.9 Å². The SMILES string of the molecule is CN(C(=O)C(C)(C)C)C1CCCN(c2ccc(C(F)(F)F)nc2)C1. The van der Waals surface area contributed by atoms with E-state index in [1.807, 2.05) is 25.7 Å². The van der Waals surface area contributed by atoms with Crippen LogP contribution < -0.4 is 4.90 Å². The highest BCUT2D eigenvalue weighted by Gasteiger charge is 2.34. The number of piperidine rings is 1. The van der Waals surface area contributed by atoms with Gasteiger partial charge < -0.3 is 9.80 Å². The lowest BCUT2D eigenvalue weighted by atomic mass is 9.93. The van der Waals surface area contributed by atoms with Crippen LogP contribution in [0.15, 0.2) is 18.3 Å². The molecule has 1 atom stereocenters. The first kappa shape index (κ1) is 18.5. The summed E-state index contributed by atoms with van der Waals surface area (Å²) in [4.78, 5) is 19.7. The van der Waals surface area contributed by atoms with Gasteiger partial charge in [-0.2, -0.15) is 13.2 Å². The van der Waals surface area contributed by atoms with E-state index in [1.165, 1.54) is 12.3 Å². The molecule has 1 aromatic rings. The third-order valence-electron chi connectivity index (χ3n) is 4.31. The van der Waals surface area contributed by atoms with Gasteiger partial charge in [0.25, 0.3) is 0 Å². The first-order valence-corrected chi connectivity index (χ1v) is 8.05. The maximum Gasteiger partial charge on any atom is 0.433 e. The molecule has 1 aliphatic rings. The molecule has 1 saturated heterocycles. The van der Waals surface area contributed by atoms with Gasteiger partial charge in [0.2, 0.25) is 5.91 Å². The molecule has 0 saturated carbocycles. The van der Waals surface area contributed by atoms with Crippen LogP contribution in [-0.2, 0) is 11.0 Å². The zero-order valence-electron chi connectivity index (χ0n) is 14.5. The molecule has 0 N–H and O–H groups in total. The Hall–Kier alpha value is -1.79. The normalized spacial score (nSPS) is 19.3. The van der Waals surface area contributed by atoms with E-state index in [0.29, 0.717) is 12.2 Å². The average molecular weight is 343 g/mol. The van der Waals surface area contributed by atoms with Crippen LogP contribution in [0.3, 0.4) is 0 Å². The zero-order chi connectivity index (χ0) is 18.1. The van der Waals surface area contributed by atoms with Crippen LogP contribution in [0.2, 0.25) is 0 Å². The number of halogens is 3. The molecule has 0 radical (unpaired) electrons. The highest BCUT2D eigenvalue weighted by molar-refractivity contribution is 5.81. The molecule has 134 valence electrons. The second-order valence-electron chi connectivity index (χ2n) is 7.31. The molecule has 4 nitrogen and oxygen atoms in total. The first-order valence-electron chi connectivity index (χ1n) is 8.05. The van der Waals surface area contributed by atoms with Gasteiger partial charge in [0.1, 0.15) is 5.69 Å². The Morgan fingerprint density at radius 1 is 1.29 bits per heavy atom. The molecule has 1 aromatic heterocycles. The van der Waals surface area contributed by atoms with Gasteiger partial charge in [-0.05, 0) is 25.0 Å². The minimum atomic E-state index is -4.43. The average Bonchev–Trinajstić information content (AvgIpc) is 2.52. The molecule has 0 aromatic carbocycles. The lowest BCUT2D eigenvalue weighted by Gasteiger charge is -2.40. The van der Waals surface area contributed by atoms with Crippen molar-refractivity contribution in [3.8, 4) is 0 Å². The Morgan fingerprint density at radius 3 is 2.46 bits per heavy atom. The molecule has 2 heterocycles. The van der Waals surface area contributed by atoms with Gasteiger partial charge in [-0.25, -0.2) is 4.98 Å². The number of hydrogen-bond donors (Lipinski definition) is 0. The van der Waals surface area contributed by atoms with Crippen molar-refractivity contribution >= 4 is 11.6 Å². The summed E-state index contributed by atoms with van der Waals surface area (Å²) in [7, 11) is 1.80. The van der Waals surface area contributed by atoms with Crippen LogP contribution in [-0.4, -0.2) is 42.0 Å². The van der Waals surface area contributed by atoms with Crippen molar-refractivity contribution in [3.63, 3.8) is 0 Å².